The number of nitrogens with zero attached hydrogens (tertiary/aromatic N) is 2. The predicted octanol–water partition coefficient (Wildman–Crippen LogP) is 3.13. The van der Waals surface area contributed by atoms with Crippen LogP contribution in [0.4, 0.5) is 0 Å². The summed E-state index contributed by atoms with van der Waals surface area (Å²) in [6, 6.07) is 12.4. The summed E-state index contributed by atoms with van der Waals surface area (Å²) in [4.78, 5) is 13.6. The first-order valence-corrected chi connectivity index (χ1v) is 7.81. The number of carbonyl (C=O) groups excluding carboxylic acids is 1. The second kappa shape index (κ2) is 9.22. The molecule has 0 heterocycles. The summed E-state index contributed by atoms with van der Waals surface area (Å²) in [5.41, 5.74) is 0.487. The molecule has 0 radical (unpaired) electrons. The summed E-state index contributed by atoms with van der Waals surface area (Å²) in [7, 11) is 4.01. The van der Waals surface area contributed by atoms with Gasteiger partial charge in [-0.1, -0.05) is 30.3 Å². The SMILES string of the molecule is CCOC(=O)CCCC(C#N)(CCN(C)C)c1ccccc1. The topological polar surface area (TPSA) is 53.3 Å². The van der Waals surface area contributed by atoms with Gasteiger partial charge in [-0.3, -0.25) is 4.79 Å². The van der Waals surface area contributed by atoms with E-state index in [1.807, 2.05) is 44.4 Å². The Morgan fingerprint density at radius 1 is 1.27 bits per heavy atom. The van der Waals surface area contributed by atoms with Gasteiger partial charge in [0.2, 0.25) is 0 Å². The first-order valence-electron chi connectivity index (χ1n) is 7.81. The third kappa shape index (κ3) is 5.50. The molecule has 22 heavy (non-hydrogen) atoms. The molecule has 0 spiro atoms. The number of benzene rings is 1. The van der Waals surface area contributed by atoms with Crippen LogP contribution in [0.5, 0.6) is 0 Å². The summed E-state index contributed by atoms with van der Waals surface area (Å²) in [5.74, 6) is -0.185. The van der Waals surface area contributed by atoms with Crippen LogP contribution < -0.4 is 0 Å². The molecule has 0 aliphatic heterocycles. The fourth-order valence-corrected chi connectivity index (χ4v) is 2.53. The minimum atomic E-state index is -0.544. The zero-order valence-electron chi connectivity index (χ0n) is 13.8. The van der Waals surface area contributed by atoms with Crippen molar-refractivity contribution in [2.75, 3.05) is 27.2 Å². The first kappa shape index (κ1) is 18.2. The van der Waals surface area contributed by atoms with Crippen molar-refractivity contribution in [1.82, 2.24) is 4.90 Å². The van der Waals surface area contributed by atoms with Crippen LogP contribution in [-0.4, -0.2) is 38.1 Å². The van der Waals surface area contributed by atoms with Gasteiger partial charge >= 0.3 is 5.97 Å². The Morgan fingerprint density at radius 3 is 2.50 bits per heavy atom. The Labute approximate surface area is 133 Å². The molecule has 0 aliphatic carbocycles. The zero-order valence-corrected chi connectivity index (χ0v) is 13.8. The highest BCUT2D eigenvalue weighted by molar-refractivity contribution is 5.69. The molecule has 120 valence electrons. The third-order valence-electron chi connectivity index (χ3n) is 3.82. The van der Waals surface area contributed by atoms with E-state index in [0.29, 0.717) is 25.9 Å². The number of nitriles is 1. The summed E-state index contributed by atoms with van der Waals surface area (Å²) in [5, 5.41) is 9.83. The summed E-state index contributed by atoms with van der Waals surface area (Å²) in [6.07, 6.45) is 2.45. The number of hydrogen-bond donors (Lipinski definition) is 0. The number of hydrogen-bond acceptors (Lipinski definition) is 4. The minimum Gasteiger partial charge on any atom is -0.466 e. The fourth-order valence-electron chi connectivity index (χ4n) is 2.53. The highest BCUT2D eigenvalue weighted by atomic mass is 16.5. The van der Waals surface area contributed by atoms with Crippen molar-refractivity contribution in [1.29, 1.82) is 5.26 Å². The molecular weight excluding hydrogens is 276 g/mol. The van der Waals surface area contributed by atoms with Gasteiger partial charge in [0, 0.05) is 6.42 Å². The van der Waals surface area contributed by atoms with Crippen molar-refractivity contribution >= 4 is 5.97 Å². The largest absolute Gasteiger partial charge is 0.466 e. The van der Waals surface area contributed by atoms with E-state index in [4.69, 9.17) is 4.74 Å². The van der Waals surface area contributed by atoms with Crippen molar-refractivity contribution in [3.8, 4) is 6.07 Å². The number of ether oxygens (including phenoxy) is 1. The van der Waals surface area contributed by atoms with Crippen LogP contribution in [0, 0.1) is 11.3 Å². The summed E-state index contributed by atoms with van der Waals surface area (Å²) in [6.45, 7) is 3.04. The van der Waals surface area contributed by atoms with E-state index in [1.54, 1.807) is 6.92 Å². The zero-order chi connectivity index (χ0) is 16.4. The van der Waals surface area contributed by atoms with Crippen LogP contribution in [0.25, 0.3) is 0 Å². The molecule has 0 aliphatic rings. The maximum Gasteiger partial charge on any atom is 0.305 e. The van der Waals surface area contributed by atoms with Crippen molar-refractivity contribution in [3.05, 3.63) is 35.9 Å². The van der Waals surface area contributed by atoms with E-state index in [2.05, 4.69) is 11.0 Å². The van der Waals surface area contributed by atoms with Gasteiger partial charge in [-0.05, 0) is 52.4 Å². The molecule has 0 saturated heterocycles. The van der Waals surface area contributed by atoms with Crippen LogP contribution in [0.2, 0.25) is 0 Å². The molecule has 1 aromatic carbocycles. The molecule has 1 rings (SSSR count). The average molecular weight is 302 g/mol. The molecule has 1 unspecified atom stereocenters. The molecule has 1 aromatic rings. The van der Waals surface area contributed by atoms with Gasteiger partial charge in [-0.2, -0.15) is 5.26 Å². The molecule has 0 N–H and O–H groups in total. The quantitative estimate of drug-likeness (QED) is 0.658. The Hall–Kier alpha value is -1.86. The van der Waals surface area contributed by atoms with Crippen molar-refractivity contribution in [2.24, 2.45) is 0 Å². The Kier molecular flexibility index (Phi) is 7.62. The van der Waals surface area contributed by atoms with Crippen molar-refractivity contribution in [3.63, 3.8) is 0 Å². The molecule has 0 aromatic heterocycles. The van der Waals surface area contributed by atoms with Gasteiger partial charge in [-0.15, -0.1) is 0 Å². The Bertz CT molecular complexity index is 494. The molecule has 0 fully saturated rings. The second-order valence-electron chi connectivity index (χ2n) is 5.77. The summed E-state index contributed by atoms with van der Waals surface area (Å²) < 4.78 is 4.96. The predicted molar refractivity (Wildman–Crippen MR) is 87.4 cm³/mol. The standard InChI is InChI=1S/C18H26N2O2/c1-4-22-17(21)11-8-12-18(15-19,13-14-20(2)3)16-9-6-5-7-10-16/h5-7,9-10H,4,8,11-14H2,1-3H3. The smallest absolute Gasteiger partial charge is 0.305 e. The van der Waals surface area contributed by atoms with E-state index >= 15 is 0 Å². The van der Waals surface area contributed by atoms with Crippen LogP contribution in [0.3, 0.4) is 0 Å². The van der Waals surface area contributed by atoms with Crippen LogP contribution in [-0.2, 0) is 14.9 Å². The molecule has 0 amide bonds. The Balaban J connectivity index is 2.82. The molecular formula is C18H26N2O2. The second-order valence-corrected chi connectivity index (χ2v) is 5.77. The van der Waals surface area contributed by atoms with Crippen molar-refractivity contribution < 1.29 is 9.53 Å². The number of rotatable bonds is 9. The molecule has 0 saturated carbocycles. The highest BCUT2D eigenvalue weighted by Gasteiger charge is 2.31. The number of esters is 1. The lowest BCUT2D eigenvalue weighted by Gasteiger charge is -2.28. The van der Waals surface area contributed by atoms with Crippen LogP contribution in [0.1, 0.15) is 38.2 Å². The van der Waals surface area contributed by atoms with E-state index in [1.165, 1.54) is 0 Å². The van der Waals surface area contributed by atoms with Gasteiger partial charge in [0.1, 0.15) is 0 Å². The van der Waals surface area contributed by atoms with Gasteiger partial charge in [0.25, 0.3) is 0 Å². The lowest BCUT2D eigenvalue weighted by molar-refractivity contribution is -0.143. The van der Waals surface area contributed by atoms with Crippen molar-refractivity contribution in [2.45, 2.75) is 38.0 Å². The van der Waals surface area contributed by atoms with E-state index in [0.717, 1.165) is 18.5 Å². The third-order valence-corrected chi connectivity index (χ3v) is 3.82. The summed E-state index contributed by atoms with van der Waals surface area (Å²) >= 11 is 0. The average Bonchev–Trinajstić information content (AvgIpc) is 2.52. The lowest BCUT2D eigenvalue weighted by Crippen LogP contribution is -2.29. The molecule has 0 bridgehead atoms. The lowest BCUT2D eigenvalue weighted by atomic mass is 9.75. The minimum absolute atomic E-state index is 0.185. The fraction of sp³-hybridized carbons (Fsp3) is 0.556. The number of carbonyl (C=O) groups is 1. The Morgan fingerprint density at radius 2 is 1.95 bits per heavy atom. The van der Waals surface area contributed by atoms with E-state index in [-0.39, 0.29) is 5.97 Å². The monoisotopic (exact) mass is 302 g/mol. The van der Waals surface area contributed by atoms with Crippen LogP contribution in [0.15, 0.2) is 30.3 Å². The molecule has 4 nitrogen and oxygen atoms in total. The highest BCUT2D eigenvalue weighted by Crippen LogP contribution is 2.33. The maximum atomic E-state index is 11.5. The normalized spacial score (nSPS) is 13.4. The van der Waals surface area contributed by atoms with Gasteiger partial charge in [-0.25, -0.2) is 0 Å². The van der Waals surface area contributed by atoms with Gasteiger partial charge < -0.3 is 9.64 Å². The maximum absolute atomic E-state index is 11.5. The van der Waals surface area contributed by atoms with Gasteiger partial charge in [0.05, 0.1) is 18.1 Å². The van der Waals surface area contributed by atoms with Crippen LogP contribution >= 0.6 is 0 Å². The molecule has 4 heteroatoms. The molecule has 1 atom stereocenters. The first-order chi connectivity index (χ1) is 10.5. The van der Waals surface area contributed by atoms with E-state index < -0.39 is 5.41 Å². The van der Waals surface area contributed by atoms with Gasteiger partial charge in [0.15, 0.2) is 0 Å². The van der Waals surface area contributed by atoms with E-state index in [9.17, 15) is 10.1 Å².